The molecule has 6 nitrogen and oxygen atoms in total. The quantitative estimate of drug-likeness (QED) is 0.564. The summed E-state index contributed by atoms with van der Waals surface area (Å²) in [6.45, 7) is 3.63. The Bertz CT molecular complexity index is 1420. The molecule has 3 aromatic rings. The van der Waals surface area contributed by atoms with Gasteiger partial charge < -0.3 is 9.84 Å². The van der Waals surface area contributed by atoms with Crippen LogP contribution in [0.25, 0.3) is 11.8 Å². The first kappa shape index (κ1) is 22.3. The van der Waals surface area contributed by atoms with E-state index in [1.54, 1.807) is 13.8 Å². The lowest BCUT2D eigenvalue weighted by Crippen LogP contribution is -2.35. The van der Waals surface area contributed by atoms with Gasteiger partial charge in [-0.05, 0) is 37.6 Å². The fourth-order valence-electron chi connectivity index (χ4n) is 3.53. The number of phenolic OH excluding ortho intramolecular Hbond substituents is 1. The third-order valence-corrected chi connectivity index (χ3v) is 6.49. The lowest BCUT2D eigenvalue weighted by molar-refractivity contribution is -0.138. The Kier molecular flexibility index (Phi) is 6.24. The summed E-state index contributed by atoms with van der Waals surface area (Å²) >= 11 is 13.2. The van der Waals surface area contributed by atoms with E-state index in [2.05, 4.69) is 0 Å². The van der Waals surface area contributed by atoms with Crippen molar-refractivity contribution in [2.24, 2.45) is 4.99 Å². The van der Waals surface area contributed by atoms with Crippen LogP contribution in [0, 0.1) is 0 Å². The summed E-state index contributed by atoms with van der Waals surface area (Å²) in [7, 11) is 0. The van der Waals surface area contributed by atoms with Crippen molar-refractivity contribution in [1.29, 1.82) is 0 Å². The Hall–Kier alpha value is -2.87. The topological polar surface area (TPSA) is 80.9 Å². The minimum atomic E-state index is -0.602. The van der Waals surface area contributed by atoms with E-state index in [4.69, 9.17) is 32.9 Å². The molecule has 1 atom stereocenters. The number of carbonyl (C=O) groups excluding carboxylic acids is 1. The van der Waals surface area contributed by atoms with Gasteiger partial charge in [-0.1, -0.05) is 64.9 Å². The molecule has 0 saturated heterocycles. The number of halogens is 2. The van der Waals surface area contributed by atoms with Gasteiger partial charge in [0.05, 0.1) is 21.7 Å². The maximum atomic E-state index is 13.2. The summed E-state index contributed by atoms with van der Waals surface area (Å²) in [5.41, 5.74) is 1.52. The van der Waals surface area contributed by atoms with Crippen molar-refractivity contribution >= 4 is 52.3 Å². The molecule has 0 fully saturated rings. The van der Waals surface area contributed by atoms with Crippen LogP contribution < -0.4 is 14.9 Å². The number of hydrogen-bond acceptors (Lipinski definition) is 6. The molecule has 0 bridgehead atoms. The predicted octanol–water partition coefficient (Wildman–Crippen LogP) is 3.92. The molecule has 1 aliphatic heterocycles. The number of esters is 1. The summed E-state index contributed by atoms with van der Waals surface area (Å²) in [6, 6.07) is 11.7. The minimum Gasteiger partial charge on any atom is -0.506 e. The predicted molar refractivity (Wildman–Crippen MR) is 126 cm³/mol. The Morgan fingerprint density at radius 3 is 2.69 bits per heavy atom. The van der Waals surface area contributed by atoms with E-state index < -0.39 is 12.0 Å². The Balaban J connectivity index is 1.98. The molecule has 0 spiro atoms. The molecule has 0 aliphatic carbocycles. The van der Waals surface area contributed by atoms with Gasteiger partial charge in [-0.3, -0.25) is 9.36 Å². The summed E-state index contributed by atoms with van der Waals surface area (Å²) < 4.78 is 6.97. The summed E-state index contributed by atoms with van der Waals surface area (Å²) in [5.74, 6) is -0.693. The van der Waals surface area contributed by atoms with Gasteiger partial charge in [-0.2, -0.15) is 0 Å². The average molecular weight is 489 g/mol. The van der Waals surface area contributed by atoms with Gasteiger partial charge in [0, 0.05) is 16.3 Å². The number of hydrogen-bond donors (Lipinski definition) is 1. The first-order chi connectivity index (χ1) is 15.3. The molecule has 0 saturated carbocycles. The van der Waals surface area contributed by atoms with Crippen molar-refractivity contribution in [3.05, 3.63) is 88.9 Å². The molecule has 2 aromatic carbocycles. The van der Waals surface area contributed by atoms with Crippen LogP contribution in [0.2, 0.25) is 10.0 Å². The summed E-state index contributed by atoms with van der Waals surface area (Å²) in [4.78, 5) is 31.2. The van der Waals surface area contributed by atoms with Gasteiger partial charge in [-0.25, -0.2) is 9.79 Å². The van der Waals surface area contributed by atoms with E-state index in [-0.39, 0.29) is 22.9 Å². The van der Waals surface area contributed by atoms with Crippen LogP contribution in [0.1, 0.15) is 31.0 Å². The van der Waals surface area contributed by atoms with Crippen LogP contribution in [0.15, 0.2) is 57.8 Å². The van der Waals surface area contributed by atoms with E-state index >= 15 is 0 Å². The lowest BCUT2D eigenvalue weighted by Gasteiger charge is -2.22. The maximum Gasteiger partial charge on any atom is 0.338 e. The number of aromatic hydroxyl groups is 1. The van der Waals surface area contributed by atoms with E-state index in [1.807, 2.05) is 30.3 Å². The molecule has 1 N–H and O–H groups in total. The van der Waals surface area contributed by atoms with Gasteiger partial charge in [0.25, 0.3) is 5.56 Å². The number of aromatic nitrogens is 1. The highest BCUT2D eigenvalue weighted by atomic mass is 35.5. The van der Waals surface area contributed by atoms with E-state index in [0.29, 0.717) is 31.2 Å². The fourth-order valence-corrected chi connectivity index (χ4v) is 5.07. The van der Waals surface area contributed by atoms with E-state index in [9.17, 15) is 14.7 Å². The Labute approximate surface area is 197 Å². The molecule has 0 amide bonds. The summed E-state index contributed by atoms with van der Waals surface area (Å²) in [6.07, 6.45) is 1.51. The molecular weight excluding hydrogens is 471 g/mol. The molecular formula is C23H18Cl2N2O4S. The fraction of sp³-hybridized carbons (Fsp3) is 0.174. The third-order valence-electron chi connectivity index (χ3n) is 5.00. The largest absolute Gasteiger partial charge is 0.506 e. The van der Waals surface area contributed by atoms with Crippen LogP contribution in [-0.4, -0.2) is 22.2 Å². The highest BCUT2D eigenvalue weighted by molar-refractivity contribution is 7.07. The highest BCUT2D eigenvalue weighted by Crippen LogP contribution is 2.33. The molecule has 9 heteroatoms. The first-order valence-corrected chi connectivity index (χ1v) is 11.3. The molecule has 1 aliphatic rings. The third kappa shape index (κ3) is 3.99. The van der Waals surface area contributed by atoms with Crippen molar-refractivity contribution in [1.82, 2.24) is 4.57 Å². The van der Waals surface area contributed by atoms with Crippen molar-refractivity contribution in [2.75, 3.05) is 6.61 Å². The Morgan fingerprint density at radius 2 is 2.00 bits per heavy atom. The highest BCUT2D eigenvalue weighted by Gasteiger charge is 2.31. The number of rotatable bonds is 4. The van der Waals surface area contributed by atoms with Crippen LogP contribution in [0.4, 0.5) is 0 Å². The molecule has 2 heterocycles. The summed E-state index contributed by atoms with van der Waals surface area (Å²) in [5, 5.41) is 10.7. The van der Waals surface area contributed by atoms with Gasteiger partial charge in [-0.15, -0.1) is 0 Å². The number of nitrogens with zero attached hydrogens (tertiary/aromatic N) is 2. The molecule has 32 heavy (non-hydrogen) atoms. The van der Waals surface area contributed by atoms with Gasteiger partial charge in [0.15, 0.2) is 4.80 Å². The minimum absolute atomic E-state index is 0.0830. The molecule has 164 valence electrons. The Morgan fingerprint density at radius 1 is 1.28 bits per heavy atom. The lowest BCUT2D eigenvalue weighted by atomic mass is 9.97. The standard InChI is InChI=1S/C23H18Cl2N2O4S/c1-3-31-22(30)18-12(2)27-21(29)17(10-14-9-15(24)11-16(25)20(14)28)32-23(27)26-19(18)13-7-5-4-6-8-13/h4-11,19,28H,3H2,1-2H3/b17-10-/t19-/m0/s1. The zero-order valence-electron chi connectivity index (χ0n) is 17.1. The zero-order chi connectivity index (χ0) is 23.0. The van der Waals surface area contributed by atoms with Crippen LogP contribution in [-0.2, 0) is 9.53 Å². The molecule has 0 unspecified atom stereocenters. The van der Waals surface area contributed by atoms with Crippen LogP contribution in [0.5, 0.6) is 5.75 Å². The number of thiazole rings is 1. The first-order valence-electron chi connectivity index (χ1n) is 9.74. The number of ether oxygens (including phenoxy) is 1. The van der Waals surface area contributed by atoms with Crippen molar-refractivity contribution in [3.8, 4) is 5.75 Å². The number of phenols is 1. The van der Waals surface area contributed by atoms with Gasteiger partial charge in [0.2, 0.25) is 0 Å². The monoisotopic (exact) mass is 488 g/mol. The second-order valence-corrected chi connectivity index (χ2v) is 8.87. The van der Waals surface area contributed by atoms with Crippen molar-refractivity contribution < 1.29 is 14.6 Å². The number of benzene rings is 2. The maximum absolute atomic E-state index is 13.2. The van der Waals surface area contributed by atoms with Gasteiger partial charge >= 0.3 is 5.97 Å². The SMILES string of the molecule is CCOC(=O)C1=C(C)n2c(s/c(=C\c3cc(Cl)cc(Cl)c3O)c2=O)=N[C@H]1c1ccccc1. The van der Waals surface area contributed by atoms with E-state index in [0.717, 1.165) is 16.9 Å². The normalized spacial score (nSPS) is 16.0. The smallest absolute Gasteiger partial charge is 0.338 e. The zero-order valence-corrected chi connectivity index (χ0v) is 19.5. The number of carbonyl (C=O) groups is 1. The van der Waals surface area contributed by atoms with Crippen molar-refractivity contribution in [3.63, 3.8) is 0 Å². The van der Waals surface area contributed by atoms with Gasteiger partial charge in [0.1, 0.15) is 11.8 Å². The molecule has 0 radical (unpaired) electrons. The molecule has 4 rings (SSSR count). The van der Waals surface area contributed by atoms with E-state index in [1.165, 1.54) is 22.8 Å². The number of fused-ring (bicyclic) bond motifs is 1. The second kappa shape index (κ2) is 8.94. The number of allylic oxidation sites excluding steroid dienone is 1. The van der Waals surface area contributed by atoms with Crippen molar-refractivity contribution in [2.45, 2.75) is 19.9 Å². The molecule has 1 aromatic heterocycles. The second-order valence-electron chi connectivity index (χ2n) is 7.02. The average Bonchev–Trinajstić information content (AvgIpc) is 3.07. The van der Waals surface area contributed by atoms with Crippen LogP contribution in [0.3, 0.4) is 0 Å². The van der Waals surface area contributed by atoms with Crippen LogP contribution >= 0.6 is 34.5 Å².